The zero-order valence-corrected chi connectivity index (χ0v) is 19.0. The molecule has 1 aliphatic rings. The van der Waals surface area contributed by atoms with Crippen LogP contribution in [-0.2, 0) is 19.6 Å². The number of hydrogen-bond acceptors (Lipinski definition) is 5. The summed E-state index contributed by atoms with van der Waals surface area (Å²) in [6.07, 6.45) is 2.56. The maximum absolute atomic E-state index is 12.4. The predicted molar refractivity (Wildman–Crippen MR) is 117 cm³/mol. The number of piperidine rings is 1. The van der Waals surface area contributed by atoms with Crippen molar-refractivity contribution in [3.8, 4) is 0 Å². The first kappa shape index (κ1) is 24.3. The number of nitrogens with one attached hydrogen (secondary N) is 3. The first-order chi connectivity index (χ1) is 14.2. The molecule has 168 valence electrons. The van der Waals surface area contributed by atoms with Crippen LogP contribution in [0.15, 0.2) is 23.1 Å². The Hall–Kier alpha value is -1.97. The summed E-state index contributed by atoms with van der Waals surface area (Å²) in [6.45, 7) is 8.33. The molecule has 8 nitrogen and oxygen atoms in total. The molecule has 1 aromatic carbocycles. The first-order valence-electron chi connectivity index (χ1n) is 10.6. The highest BCUT2D eigenvalue weighted by atomic mass is 32.2. The molecule has 3 N–H and O–H groups in total. The van der Waals surface area contributed by atoms with E-state index in [-0.39, 0.29) is 35.7 Å². The van der Waals surface area contributed by atoms with Gasteiger partial charge in [-0.05, 0) is 44.7 Å². The molecule has 0 radical (unpaired) electrons. The molecule has 0 unspecified atom stereocenters. The molecule has 0 saturated carbocycles. The first-order valence-corrected chi connectivity index (χ1v) is 12.0. The number of carbonyl (C=O) groups excluding carboxylic acids is 2. The summed E-state index contributed by atoms with van der Waals surface area (Å²) in [4.78, 5) is 26.3. The van der Waals surface area contributed by atoms with E-state index in [2.05, 4.69) is 20.3 Å². The Bertz CT molecular complexity index is 833. The summed E-state index contributed by atoms with van der Waals surface area (Å²) >= 11 is 0. The van der Waals surface area contributed by atoms with Gasteiger partial charge in [0, 0.05) is 38.6 Å². The zero-order chi connectivity index (χ0) is 22.1. The molecule has 2 amide bonds. The lowest BCUT2D eigenvalue weighted by atomic mass is 10.0. The van der Waals surface area contributed by atoms with E-state index >= 15 is 0 Å². The van der Waals surface area contributed by atoms with Crippen LogP contribution in [0.5, 0.6) is 0 Å². The van der Waals surface area contributed by atoms with Gasteiger partial charge in [0.05, 0.1) is 11.4 Å². The molecule has 0 atom stereocenters. The largest absolute Gasteiger partial charge is 0.355 e. The molecule has 2 rings (SSSR count). The number of nitrogens with zero attached hydrogens (tertiary/aromatic N) is 1. The van der Waals surface area contributed by atoms with Gasteiger partial charge in [-0.3, -0.25) is 14.5 Å². The third-order valence-corrected chi connectivity index (χ3v) is 6.78. The van der Waals surface area contributed by atoms with Crippen molar-refractivity contribution in [1.29, 1.82) is 0 Å². The Morgan fingerprint density at radius 2 is 1.80 bits per heavy atom. The smallest absolute Gasteiger partial charge is 0.240 e. The molecule has 9 heteroatoms. The fourth-order valence-electron chi connectivity index (χ4n) is 3.54. The summed E-state index contributed by atoms with van der Waals surface area (Å²) in [5, 5.41) is 5.84. The topological polar surface area (TPSA) is 108 Å². The van der Waals surface area contributed by atoms with E-state index in [1.807, 2.05) is 19.9 Å². The Kier molecular flexibility index (Phi) is 9.26. The van der Waals surface area contributed by atoms with E-state index in [0.29, 0.717) is 18.7 Å². The number of carbonyl (C=O) groups is 2. The van der Waals surface area contributed by atoms with Gasteiger partial charge in [0.15, 0.2) is 0 Å². The fourth-order valence-corrected chi connectivity index (χ4v) is 4.79. The molecular weight excluding hydrogens is 404 g/mol. The highest BCUT2D eigenvalue weighted by Crippen LogP contribution is 2.16. The Labute approximate surface area is 179 Å². The van der Waals surface area contributed by atoms with Crippen molar-refractivity contribution < 1.29 is 18.0 Å². The summed E-state index contributed by atoms with van der Waals surface area (Å²) < 4.78 is 27.4. The predicted octanol–water partition coefficient (Wildman–Crippen LogP) is 1.08. The third-order valence-electron chi connectivity index (χ3n) is 5.16. The third kappa shape index (κ3) is 7.70. The molecule has 0 spiro atoms. The lowest BCUT2D eigenvalue weighted by Gasteiger charge is -2.31. The molecule has 0 bridgehead atoms. The molecule has 1 heterocycles. The van der Waals surface area contributed by atoms with Gasteiger partial charge in [-0.2, -0.15) is 0 Å². The van der Waals surface area contributed by atoms with Gasteiger partial charge >= 0.3 is 0 Å². The number of rotatable bonds is 10. The summed E-state index contributed by atoms with van der Waals surface area (Å²) in [7, 11) is -3.64. The highest BCUT2D eigenvalue weighted by Gasteiger charge is 2.22. The Morgan fingerprint density at radius 1 is 1.10 bits per heavy atom. The number of benzene rings is 1. The molecule has 1 aliphatic heterocycles. The maximum atomic E-state index is 12.4. The van der Waals surface area contributed by atoms with E-state index in [1.54, 1.807) is 19.1 Å². The monoisotopic (exact) mass is 438 g/mol. The van der Waals surface area contributed by atoms with E-state index in [0.717, 1.165) is 37.9 Å². The van der Waals surface area contributed by atoms with Gasteiger partial charge in [-0.15, -0.1) is 0 Å². The van der Waals surface area contributed by atoms with Crippen LogP contribution < -0.4 is 15.4 Å². The standard InChI is InChI=1S/C21H34N4O4S/c1-4-10-22-21(27)15-25-12-8-18(9-13-25)24-20(26)7-11-23-30(28,29)19-6-5-16(2)14-17(19)3/h5-6,14,18,23H,4,7-13,15H2,1-3H3,(H,22,27)(H,24,26). The highest BCUT2D eigenvalue weighted by molar-refractivity contribution is 7.89. The lowest BCUT2D eigenvalue weighted by molar-refractivity contribution is -0.124. The minimum atomic E-state index is -3.64. The number of hydrogen-bond donors (Lipinski definition) is 3. The van der Waals surface area contributed by atoms with Gasteiger partial charge in [0.2, 0.25) is 21.8 Å². The van der Waals surface area contributed by atoms with Crippen molar-refractivity contribution in [3.63, 3.8) is 0 Å². The van der Waals surface area contributed by atoms with Crippen LogP contribution in [0.4, 0.5) is 0 Å². The number of aryl methyl sites for hydroxylation is 2. The van der Waals surface area contributed by atoms with E-state index in [9.17, 15) is 18.0 Å². The van der Waals surface area contributed by atoms with Crippen LogP contribution in [0.3, 0.4) is 0 Å². The summed E-state index contributed by atoms with van der Waals surface area (Å²) in [5.74, 6) is -0.132. The average Bonchev–Trinajstić information content (AvgIpc) is 2.67. The molecule has 1 saturated heterocycles. The van der Waals surface area contributed by atoms with Gasteiger partial charge in [-0.1, -0.05) is 24.6 Å². The molecule has 1 fully saturated rings. The fraction of sp³-hybridized carbons (Fsp3) is 0.619. The van der Waals surface area contributed by atoms with Crippen LogP contribution in [0.1, 0.15) is 43.7 Å². The second kappa shape index (κ2) is 11.4. The van der Waals surface area contributed by atoms with Crippen molar-refractivity contribution in [2.45, 2.75) is 57.4 Å². The SMILES string of the molecule is CCCNC(=O)CN1CCC(NC(=O)CCNS(=O)(=O)c2ccc(C)cc2C)CC1. The molecule has 30 heavy (non-hydrogen) atoms. The minimum absolute atomic E-state index is 0.0374. The van der Waals surface area contributed by atoms with Gasteiger partial charge in [-0.25, -0.2) is 13.1 Å². The maximum Gasteiger partial charge on any atom is 0.240 e. The number of amides is 2. The van der Waals surface area contributed by atoms with Crippen LogP contribution in [0.2, 0.25) is 0 Å². The molecular formula is C21H34N4O4S. The van der Waals surface area contributed by atoms with Crippen LogP contribution in [-0.4, -0.2) is 63.9 Å². The van der Waals surface area contributed by atoms with Gasteiger partial charge < -0.3 is 10.6 Å². The minimum Gasteiger partial charge on any atom is -0.355 e. The number of likely N-dealkylation sites (tertiary alicyclic amines) is 1. The van der Waals surface area contributed by atoms with E-state index in [4.69, 9.17) is 0 Å². The Balaban J connectivity index is 1.70. The Morgan fingerprint density at radius 3 is 2.43 bits per heavy atom. The summed E-state index contributed by atoms with van der Waals surface area (Å²) in [6, 6.07) is 5.22. The van der Waals surface area contributed by atoms with Gasteiger partial charge in [0.1, 0.15) is 0 Å². The van der Waals surface area contributed by atoms with Crippen molar-refractivity contribution in [2.75, 3.05) is 32.7 Å². The quantitative estimate of drug-likeness (QED) is 0.507. The molecule has 0 aliphatic carbocycles. The van der Waals surface area contributed by atoms with Crippen LogP contribution >= 0.6 is 0 Å². The van der Waals surface area contributed by atoms with Crippen LogP contribution in [0, 0.1) is 13.8 Å². The average molecular weight is 439 g/mol. The van der Waals surface area contributed by atoms with E-state index < -0.39 is 10.0 Å². The zero-order valence-electron chi connectivity index (χ0n) is 18.2. The van der Waals surface area contributed by atoms with Crippen LogP contribution in [0.25, 0.3) is 0 Å². The molecule has 0 aromatic heterocycles. The summed E-state index contributed by atoms with van der Waals surface area (Å²) in [5.41, 5.74) is 1.68. The van der Waals surface area contributed by atoms with Crippen molar-refractivity contribution in [3.05, 3.63) is 29.3 Å². The lowest BCUT2D eigenvalue weighted by Crippen LogP contribution is -2.47. The van der Waals surface area contributed by atoms with E-state index in [1.165, 1.54) is 0 Å². The second-order valence-electron chi connectivity index (χ2n) is 7.88. The second-order valence-corrected chi connectivity index (χ2v) is 9.62. The van der Waals surface area contributed by atoms with Crippen molar-refractivity contribution in [2.24, 2.45) is 0 Å². The number of sulfonamides is 1. The molecule has 1 aromatic rings. The van der Waals surface area contributed by atoms with Crippen molar-refractivity contribution in [1.82, 2.24) is 20.3 Å². The van der Waals surface area contributed by atoms with Gasteiger partial charge in [0.25, 0.3) is 0 Å². The van der Waals surface area contributed by atoms with Crippen molar-refractivity contribution >= 4 is 21.8 Å². The normalized spacial score (nSPS) is 15.7.